The maximum Gasteiger partial charge on any atom is 0.244 e. The number of nitrogens with one attached hydrogen (secondary N) is 1. The summed E-state index contributed by atoms with van der Waals surface area (Å²) in [6.07, 6.45) is 6.27. The van der Waals surface area contributed by atoms with Crippen LogP contribution in [0.15, 0.2) is 71.2 Å². The van der Waals surface area contributed by atoms with Gasteiger partial charge in [0.15, 0.2) is 0 Å². The van der Waals surface area contributed by atoms with Crippen LogP contribution in [0.5, 0.6) is 0 Å². The molecule has 1 N–H and O–H groups in total. The quantitative estimate of drug-likeness (QED) is 0.234. The molecule has 4 rings (SSSR count). The predicted octanol–water partition coefficient (Wildman–Crippen LogP) is 6.92. The van der Waals surface area contributed by atoms with Gasteiger partial charge in [0.2, 0.25) is 21.8 Å². The van der Waals surface area contributed by atoms with Crippen LogP contribution in [0.25, 0.3) is 0 Å². The molecule has 11 heteroatoms. The molecule has 0 bridgehead atoms. The highest BCUT2D eigenvalue weighted by atomic mass is 79.9. The third-order valence-electron chi connectivity index (χ3n) is 7.69. The highest BCUT2D eigenvalue weighted by Gasteiger charge is 2.34. The van der Waals surface area contributed by atoms with Crippen LogP contribution in [0.3, 0.4) is 0 Å². The molecule has 0 unspecified atom stereocenters. The molecular formula is C32H36BrCl2N3O4S. The van der Waals surface area contributed by atoms with Crippen molar-refractivity contribution < 1.29 is 18.0 Å². The van der Waals surface area contributed by atoms with Crippen LogP contribution in [0.4, 0.5) is 5.69 Å². The van der Waals surface area contributed by atoms with E-state index in [9.17, 15) is 18.0 Å². The van der Waals surface area contributed by atoms with E-state index in [2.05, 4.69) is 21.2 Å². The zero-order valence-corrected chi connectivity index (χ0v) is 28.1. The van der Waals surface area contributed by atoms with E-state index < -0.39 is 28.5 Å². The number of benzene rings is 3. The average Bonchev–Trinajstić information content (AvgIpc) is 2.96. The van der Waals surface area contributed by atoms with Crippen molar-refractivity contribution in [2.24, 2.45) is 0 Å². The Balaban J connectivity index is 1.75. The van der Waals surface area contributed by atoms with E-state index in [1.807, 2.05) is 37.3 Å². The third-order valence-corrected chi connectivity index (χ3v) is 10.3. The van der Waals surface area contributed by atoms with Crippen molar-refractivity contribution in [1.29, 1.82) is 0 Å². The number of carbonyl (C=O) groups is 2. The van der Waals surface area contributed by atoms with Crippen molar-refractivity contribution in [3.8, 4) is 0 Å². The summed E-state index contributed by atoms with van der Waals surface area (Å²) in [6.45, 7) is 1.34. The zero-order valence-electron chi connectivity index (χ0n) is 24.2. The van der Waals surface area contributed by atoms with Crippen molar-refractivity contribution in [2.75, 3.05) is 17.1 Å². The highest BCUT2D eigenvalue weighted by molar-refractivity contribution is 9.10. The molecule has 0 spiro atoms. The molecule has 7 nitrogen and oxygen atoms in total. The summed E-state index contributed by atoms with van der Waals surface area (Å²) in [5.74, 6) is -0.809. The molecular weight excluding hydrogens is 673 g/mol. The van der Waals surface area contributed by atoms with E-state index in [0.29, 0.717) is 21.3 Å². The second kappa shape index (κ2) is 14.9. The molecule has 3 aromatic carbocycles. The van der Waals surface area contributed by atoms with Crippen LogP contribution in [-0.2, 0) is 32.6 Å². The second-order valence-electron chi connectivity index (χ2n) is 11.0. The molecule has 1 aliphatic carbocycles. The standard InChI is InChI=1S/C32H36BrCl2N3O4S/c1-22-17-27(15-16-28(22)33)38(43(2,41)42)21-31(39)37(20-24-13-14-25(34)19-29(24)35)30(18-23-9-5-3-6-10-23)32(40)36-26-11-7-4-8-12-26/h3,5-6,9-10,13-17,19,26,30H,4,7-8,11-12,18,20-21H2,1-2H3,(H,36,40)/t30-/m0/s1. The molecule has 1 fully saturated rings. The molecule has 0 aliphatic heterocycles. The first-order valence-corrected chi connectivity index (χ1v) is 17.6. The fourth-order valence-electron chi connectivity index (χ4n) is 5.33. The summed E-state index contributed by atoms with van der Waals surface area (Å²) in [5.41, 5.74) is 2.63. The molecule has 0 aromatic heterocycles. The van der Waals surface area contributed by atoms with Crippen LogP contribution in [0.1, 0.15) is 48.8 Å². The number of anilines is 1. The van der Waals surface area contributed by atoms with Gasteiger partial charge in [0.1, 0.15) is 12.6 Å². The van der Waals surface area contributed by atoms with Crippen LogP contribution >= 0.6 is 39.1 Å². The van der Waals surface area contributed by atoms with E-state index in [1.165, 1.54) is 4.90 Å². The van der Waals surface area contributed by atoms with E-state index in [4.69, 9.17) is 23.2 Å². The second-order valence-corrected chi connectivity index (χ2v) is 14.6. The van der Waals surface area contributed by atoms with E-state index in [1.54, 1.807) is 36.4 Å². The molecule has 1 atom stereocenters. The fraction of sp³-hybridized carbons (Fsp3) is 0.375. The van der Waals surface area contributed by atoms with E-state index in [-0.39, 0.29) is 24.9 Å². The minimum atomic E-state index is -3.86. The molecule has 0 heterocycles. The van der Waals surface area contributed by atoms with Gasteiger partial charge in [-0.15, -0.1) is 0 Å². The van der Waals surface area contributed by atoms with Gasteiger partial charge in [0.25, 0.3) is 0 Å². The number of nitrogens with zero attached hydrogens (tertiary/aromatic N) is 2. The zero-order chi connectivity index (χ0) is 31.1. The van der Waals surface area contributed by atoms with Gasteiger partial charge in [-0.3, -0.25) is 13.9 Å². The van der Waals surface area contributed by atoms with Gasteiger partial charge in [-0.2, -0.15) is 0 Å². The van der Waals surface area contributed by atoms with E-state index in [0.717, 1.165) is 58.3 Å². The first kappa shape index (κ1) is 33.3. The predicted molar refractivity (Wildman–Crippen MR) is 177 cm³/mol. The Morgan fingerprint density at radius 1 is 1.00 bits per heavy atom. The molecule has 1 aliphatic rings. The number of sulfonamides is 1. The number of aryl methyl sites for hydroxylation is 1. The van der Waals surface area contributed by atoms with Crippen molar-refractivity contribution >= 4 is 66.7 Å². The normalized spacial score (nSPS) is 14.6. The number of hydrogen-bond acceptors (Lipinski definition) is 4. The largest absolute Gasteiger partial charge is 0.352 e. The van der Waals surface area contributed by atoms with Gasteiger partial charge >= 0.3 is 0 Å². The number of halogens is 3. The first-order valence-electron chi connectivity index (χ1n) is 14.2. The molecule has 0 saturated heterocycles. The molecule has 1 saturated carbocycles. The molecule has 3 aromatic rings. The Morgan fingerprint density at radius 3 is 2.33 bits per heavy atom. The lowest BCUT2D eigenvalue weighted by Gasteiger charge is -2.35. The number of rotatable bonds is 11. The SMILES string of the molecule is Cc1cc(N(CC(=O)N(Cc2ccc(Cl)cc2Cl)[C@@H](Cc2ccccc2)C(=O)NC2CCCCC2)S(C)(=O)=O)ccc1Br. The average molecular weight is 710 g/mol. The molecule has 230 valence electrons. The molecule has 43 heavy (non-hydrogen) atoms. The van der Waals surface area contributed by atoms with Gasteiger partial charge in [-0.05, 0) is 66.8 Å². The minimum absolute atomic E-state index is 0.0125. The van der Waals surface area contributed by atoms with Crippen molar-refractivity contribution in [1.82, 2.24) is 10.2 Å². The summed E-state index contributed by atoms with van der Waals surface area (Å²) in [5, 5.41) is 3.98. The third kappa shape index (κ3) is 9.20. The Morgan fingerprint density at radius 2 is 1.70 bits per heavy atom. The fourth-order valence-corrected chi connectivity index (χ4v) is 6.89. The maximum absolute atomic E-state index is 14.3. The van der Waals surface area contributed by atoms with Crippen LogP contribution in [0.2, 0.25) is 10.0 Å². The smallest absolute Gasteiger partial charge is 0.244 e. The lowest BCUT2D eigenvalue weighted by molar-refractivity contribution is -0.140. The summed E-state index contributed by atoms with van der Waals surface area (Å²) in [6, 6.07) is 18.6. The molecule has 0 radical (unpaired) electrons. The Kier molecular flexibility index (Phi) is 11.6. The number of amides is 2. The topological polar surface area (TPSA) is 86.8 Å². The summed E-state index contributed by atoms with van der Waals surface area (Å²) in [7, 11) is -3.86. The lowest BCUT2D eigenvalue weighted by atomic mass is 9.94. The van der Waals surface area contributed by atoms with Gasteiger partial charge in [-0.1, -0.05) is 94.8 Å². The Bertz CT molecular complexity index is 1550. The first-order chi connectivity index (χ1) is 20.4. The van der Waals surface area contributed by atoms with Gasteiger partial charge in [0.05, 0.1) is 11.9 Å². The van der Waals surface area contributed by atoms with Gasteiger partial charge in [-0.25, -0.2) is 8.42 Å². The van der Waals surface area contributed by atoms with Crippen molar-refractivity contribution in [2.45, 2.75) is 64.1 Å². The van der Waals surface area contributed by atoms with Crippen molar-refractivity contribution in [3.05, 3.63) is 97.9 Å². The van der Waals surface area contributed by atoms with E-state index >= 15 is 0 Å². The maximum atomic E-state index is 14.3. The summed E-state index contributed by atoms with van der Waals surface area (Å²) >= 11 is 16.2. The summed E-state index contributed by atoms with van der Waals surface area (Å²) in [4.78, 5) is 29.8. The number of carbonyl (C=O) groups excluding carboxylic acids is 2. The highest BCUT2D eigenvalue weighted by Crippen LogP contribution is 2.27. The molecule has 2 amide bonds. The Hall–Kier alpha value is -2.59. The monoisotopic (exact) mass is 707 g/mol. The van der Waals surface area contributed by atoms with Crippen LogP contribution in [0, 0.1) is 6.92 Å². The minimum Gasteiger partial charge on any atom is -0.352 e. The lowest BCUT2D eigenvalue weighted by Crippen LogP contribution is -2.55. The van der Waals surface area contributed by atoms with Crippen molar-refractivity contribution in [3.63, 3.8) is 0 Å². The summed E-state index contributed by atoms with van der Waals surface area (Å²) < 4.78 is 27.9. The van der Waals surface area contributed by atoms with Crippen LogP contribution in [-0.4, -0.2) is 50.0 Å². The van der Waals surface area contributed by atoms with Crippen LogP contribution < -0.4 is 9.62 Å². The van der Waals surface area contributed by atoms with Gasteiger partial charge < -0.3 is 10.2 Å². The number of hydrogen-bond donors (Lipinski definition) is 1. The van der Waals surface area contributed by atoms with Gasteiger partial charge in [0, 0.05) is 33.5 Å². The Labute approximate surface area is 272 Å².